The molecule has 0 radical (unpaired) electrons. The monoisotopic (exact) mass is 1520 g/mol. The summed E-state index contributed by atoms with van der Waals surface area (Å²) in [7, 11) is 0. The number of rotatable bonds is 10. The van der Waals surface area contributed by atoms with Crippen molar-refractivity contribution in [1.29, 1.82) is 0 Å². The van der Waals surface area contributed by atoms with Crippen LogP contribution in [0.25, 0.3) is 243 Å². The van der Waals surface area contributed by atoms with Crippen molar-refractivity contribution in [3.8, 4) is 112 Å². The number of hydrogen-bond acceptors (Lipinski definition) is 8. The SMILES string of the molecule is c1ccc(-c2ccc(-c3nc(-c4c5ccccc5c(-c5ccc6ccc7c(-c8ccccc8)c8ccccc8nc7c6n5)c5ccccc45)nc4ccccc34)cc2)cc1.c1ccc(-c2ccc(-c3nc(-c4ccc5cc6cc(-c7ccc8ccc9c(-c%10ccccc%10)c%10ccccc%10nc9c8n7)ccc6cc5c4)nc4ccccc34)cc2)cc1. The van der Waals surface area contributed by atoms with Crippen molar-refractivity contribution < 1.29 is 0 Å². The first-order valence-corrected chi connectivity index (χ1v) is 40.6. The Morgan fingerprint density at radius 2 is 0.450 bits per heavy atom. The lowest BCUT2D eigenvalue weighted by Crippen LogP contribution is -1.98. The Balaban J connectivity index is 0.000000140. The minimum absolute atomic E-state index is 0.691. The Morgan fingerprint density at radius 1 is 0.133 bits per heavy atom. The highest BCUT2D eigenvalue weighted by Crippen LogP contribution is 2.47. The van der Waals surface area contributed by atoms with Gasteiger partial charge in [0.05, 0.1) is 66.9 Å². The summed E-state index contributed by atoms with van der Waals surface area (Å²) in [5, 5.41) is 17.6. The van der Waals surface area contributed by atoms with Crippen molar-refractivity contribution in [3.63, 3.8) is 0 Å². The summed E-state index contributed by atoms with van der Waals surface area (Å²) in [6, 6.07) is 145. The van der Waals surface area contributed by atoms with E-state index in [1.54, 1.807) is 0 Å². The summed E-state index contributed by atoms with van der Waals surface area (Å²) in [4.78, 5) is 42.4. The maximum atomic E-state index is 5.55. The maximum absolute atomic E-state index is 5.55. The highest BCUT2D eigenvalue weighted by molar-refractivity contribution is 6.23. The number of para-hydroxylation sites is 4. The number of hydrogen-bond donors (Lipinski definition) is 0. The molecule has 8 nitrogen and oxygen atoms in total. The molecular weight excluding hydrogens is 1460 g/mol. The molecule has 0 saturated carbocycles. The molecular formula is C112H68N8. The summed E-state index contributed by atoms with van der Waals surface area (Å²) in [5.41, 5.74) is 26.6. The van der Waals surface area contributed by atoms with Crippen LogP contribution < -0.4 is 0 Å². The van der Waals surface area contributed by atoms with Gasteiger partial charge < -0.3 is 0 Å². The molecule has 0 aliphatic heterocycles. The smallest absolute Gasteiger partial charge is 0.161 e. The van der Waals surface area contributed by atoms with Gasteiger partial charge in [-0.2, -0.15) is 0 Å². The molecule has 6 aromatic heterocycles. The first-order chi connectivity index (χ1) is 59.5. The third kappa shape index (κ3) is 12.2. The van der Waals surface area contributed by atoms with Crippen LogP contribution in [-0.4, -0.2) is 39.9 Å². The van der Waals surface area contributed by atoms with Gasteiger partial charge in [-0.1, -0.05) is 352 Å². The van der Waals surface area contributed by atoms with E-state index in [4.69, 9.17) is 39.9 Å². The molecule has 0 atom stereocenters. The van der Waals surface area contributed by atoms with E-state index >= 15 is 0 Å². The zero-order chi connectivity index (χ0) is 79.1. The van der Waals surface area contributed by atoms with Gasteiger partial charge >= 0.3 is 0 Å². The number of nitrogens with zero attached hydrogens (tertiary/aromatic N) is 8. The minimum Gasteiger partial charge on any atom is -0.245 e. The van der Waals surface area contributed by atoms with E-state index in [2.05, 4.69) is 394 Å². The van der Waals surface area contributed by atoms with Gasteiger partial charge in [0.15, 0.2) is 11.6 Å². The lowest BCUT2D eigenvalue weighted by Gasteiger charge is -2.18. The average molecular weight is 1530 g/mol. The summed E-state index contributed by atoms with van der Waals surface area (Å²) >= 11 is 0. The predicted molar refractivity (Wildman–Crippen MR) is 500 cm³/mol. The van der Waals surface area contributed by atoms with Crippen LogP contribution in [-0.2, 0) is 0 Å². The van der Waals surface area contributed by atoms with Crippen molar-refractivity contribution in [2.75, 3.05) is 0 Å². The second-order valence-electron chi connectivity index (χ2n) is 30.7. The number of aromatic nitrogens is 8. The molecule has 0 aliphatic carbocycles. The molecule has 0 fully saturated rings. The average Bonchev–Trinajstić information content (AvgIpc) is 0.722. The molecule has 120 heavy (non-hydrogen) atoms. The predicted octanol–water partition coefficient (Wildman–Crippen LogP) is 29.0. The summed E-state index contributed by atoms with van der Waals surface area (Å²) in [6.45, 7) is 0. The summed E-state index contributed by atoms with van der Waals surface area (Å²) in [5.74, 6) is 1.40. The molecule has 0 saturated heterocycles. The van der Waals surface area contributed by atoms with E-state index in [1.807, 2.05) is 18.2 Å². The van der Waals surface area contributed by atoms with Crippen LogP contribution in [0.5, 0.6) is 0 Å². The largest absolute Gasteiger partial charge is 0.245 e. The van der Waals surface area contributed by atoms with Crippen LogP contribution in [0.1, 0.15) is 0 Å². The fourth-order valence-electron chi connectivity index (χ4n) is 17.9. The van der Waals surface area contributed by atoms with Gasteiger partial charge in [-0.05, 0) is 137 Å². The molecule has 24 rings (SSSR count). The Labute approximate surface area is 690 Å². The molecule has 0 amide bonds. The first-order valence-electron chi connectivity index (χ1n) is 40.6. The van der Waals surface area contributed by atoms with Gasteiger partial charge in [0, 0.05) is 87.6 Å². The zero-order valence-corrected chi connectivity index (χ0v) is 64.8. The highest BCUT2D eigenvalue weighted by Gasteiger charge is 2.24. The zero-order valence-electron chi connectivity index (χ0n) is 64.8. The fraction of sp³-hybridized carbons (Fsp3) is 0. The maximum Gasteiger partial charge on any atom is 0.161 e. The van der Waals surface area contributed by atoms with Gasteiger partial charge in [-0.25, -0.2) is 39.9 Å². The molecule has 0 N–H and O–H groups in total. The third-order valence-corrected chi connectivity index (χ3v) is 23.6. The van der Waals surface area contributed by atoms with Gasteiger partial charge in [-0.15, -0.1) is 0 Å². The van der Waals surface area contributed by atoms with Crippen molar-refractivity contribution in [2.24, 2.45) is 0 Å². The molecule has 0 aliphatic rings. The van der Waals surface area contributed by atoms with E-state index in [0.717, 1.165) is 192 Å². The van der Waals surface area contributed by atoms with Gasteiger partial charge in [0.25, 0.3) is 0 Å². The lowest BCUT2D eigenvalue weighted by atomic mass is 9.89. The minimum atomic E-state index is 0.691. The van der Waals surface area contributed by atoms with Crippen molar-refractivity contribution in [1.82, 2.24) is 39.9 Å². The molecule has 0 unspecified atom stereocenters. The highest BCUT2D eigenvalue weighted by atomic mass is 14.9. The number of pyridine rings is 4. The molecule has 24 aromatic rings. The van der Waals surface area contributed by atoms with E-state index in [-0.39, 0.29) is 0 Å². The Hall–Kier alpha value is -16.2. The van der Waals surface area contributed by atoms with Crippen LogP contribution in [0.3, 0.4) is 0 Å². The topological polar surface area (TPSA) is 103 Å². The normalized spacial score (nSPS) is 11.7. The van der Waals surface area contributed by atoms with Crippen LogP contribution in [0, 0.1) is 0 Å². The van der Waals surface area contributed by atoms with Gasteiger partial charge in [0.1, 0.15) is 0 Å². The van der Waals surface area contributed by atoms with E-state index < -0.39 is 0 Å². The van der Waals surface area contributed by atoms with Gasteiger partial charge in [0.2, 0.25) is 0 Å². The van der Waals surface area contributed by atoms with E-state index in [1.165, 1.54) is 38.9 Å². The van der Waals surface area contributed by atoms with Crippen molar-refractivity contribution >= 4 is 130 Å². The van der Waals surface area contributed by atoms with Crippen LogP contribution in [0.2, 0.25) is 0 Å². The Morgan fingerprint density at radius 3 is 0.917 bits per heavy atom. The van der Waals surface area contributed by atoms with Crippen LogP contribution in [0.15, 0.2) is 413 Å². The van der Waals surface area contributed by atoms with Crippen LogP contribution in [0.4, 0.5) is 0 Å². The molecule has 18 aromatic carbocycles. The van der Waals surface area contributed by atoms with Gasteiger partial charge in [-0.3, -0.25) is 0 Å². The quantitative estimate of drug-likeness (QED) is 0.0985. The molecule has 0 spiro atoms. The fourth-order valence-corrected chi connectivity index (χ4v) is 17.9. The second-order valence-corrected chi connectivity index (χ2v) is 30.7. The second kappa shape index (κ2) is 29.0. The Bertz CT molecular complexity index is 8190. The first kappa shape index (κ1) is 69.4. The standard InChI is InChI=1S/2C56H34N4/c1-3-15-35(16-4-1)36-27-29-38(30-28-36)53-45-24-12-14-26-48(45)59-56(60-53)52-42-21-9-7-19-40(42)51(41-20-8-10-22-43(41)52)49-34-32-39-31-33-46-50(37-17-5-2-6-18-37)44-23-11-13-25-47(44)57-55(46)54(39)58-49;1-3-11-35(12-4-1)36-19-21-38(22-20-36)53-47-16-8-10-18-51(47)59-56(60-53)43-26-24-41-31-44-33-42(25-23-40(44)32-45(41)34-43)49-30-28-39-27-29-48-52(37-13-5-2-6-14-37)46-15-7-9-17-50(46)58-55(48)54(39)57-49/h2*1-34H. The molecule has 556 valence electrons. The summed E-state index contributed by atoms with van der Waals surface area (Å²) < 4.78 is 0. The number of fused-ring (bicyclic) bond motifs is 14. The van der Waals surface area contributed by atoms with Crippen LogP contribution >= 0.6 is 0 Å². The van der Waals surface area contributed by atoms with Crippen molar-refractivity contribution in [3.05, 3.63) is 413 Å². The van der Waals surface area contributed by atoms with E-state index in [9.17, 15) is 0 Å². The third-order valence-electron chi connectivity index (χ3n) is 23.6. The lowest BCUT2D eigenvalue weighted by molar-refractivity contribution is 1.23. The molecule has 8 heteroatoms. The molecule has 6 heterocycles. The Kier molecular flexibility index (Phi) is 16.7. The van der Waals surface area contributed by atoms with Crippen molar-refractivity contribution in [2.45, 2.75) is 0 Å². The summed E-state index contributed by atoms with van der Waals surface area (Å²) in [6.07, 6.45) is 0. The number of benzene rings is 18. The van der Waals surface area contributed by atoms with E-state index in [0.29, 0.717) is 11.6 Å². The molecule has 0 bridgehead atoms.